The molecule has 2 aromatic heterocycles. The predicted molar refractivity (Wildman–Crippen MR) is 98.8 cm³/mol. The van der Waals surface area contributed by atoms with E-state index in [0.29, 0.717) is 19.8 Å². The second-order valence-corrected chi connectivity index (χ2v) is 6.53. The number of ether oxygens (including phenoxy) is 2. The maximum atomic E-state index is 12.5. The maximum absolute atomic E-state index is 12.5. The summed E-state index contributed by atoms with van der Waals surface area (Å²) in [5, 5.41) is 11.5. The molecule has 7 nitrogen and oxygen atoms in total. The zero-order valence-electron chi connectivity index (χ0n) is 15.0. The largest absolute Gasteiger partial charge is 0.379 e. The predicted octanol–water partition coefficient (Wildman–Crippen LogP) is 2.08. The van der Waals surface area contributed by atoms with Crippen LogP contribution >= 0.6 is 11.8 Å². The van der Waals surface area contributed by atoms with Gasteiger partial charge in [-0.1, -0.05) is 6.07 Å². The number of aromatic nitrogens is 3. The molecule has 0 fully saturated rings. The van der Waals surface area contributed by atoms with Gasteiger partial charge in [0.05, 0.1) is 19.3 Å². The molecule has 0 aliphatic rings. The molecule has 0 saturated heterocycles. The van der Waals surface area contributed by atoms with Gasteiger partial charge in [0.2, 0.25) is 5.91 Å². The first-order valence-corrected chi connectivity index (χ1v) is 9.85. The molecule has 1 amide bonds. The van der Waals surface area contributed by atoms with Gasteiger partial charge in [-0.05, 0) is 44.4 Å². The summed E-state index contributed by atoms with van der Waals surface area (Å²) in [6, 6.07) is 5.52. The Morgan fingerprint density at radius 3 is 2.96 bits per heavy atom. The van der Waals surface area contributed by atoms with E-state index in [0.717, 1.165) is 23.6 Å². The summed E-state index contributed by atoms with van der Waals surface area (Å²) >= 11 is 1.73. The Kier molecular flexibility index (Phi) is 8.17. The van der Waals surface area contributed by atoms with E-state index >= 15 is 0 Å². The molecule has 2 atom stereocenters. The minimum atomic E-state index is -0.545. The molecule has 0 aromatic carbocycles. The summed E-state index contributed by atoms with van der Waals surface area (Å²) < 4.78 is 12.7. The molecule has 2 unspecified atom stereocenters. The first-order chi connectivity index (χ1) is 12.2. The van der Waals surface area contributed by atoms with Gasteiger partial charge in [-0.3, -0.25) is 9.20 Å². The van der Waals surface area contributed by atoms with Crippen molar-refractivity contribution in [1.82, 2.24) is 19.9 Å². The molecule has 8 heteroatoms. The summed E-state index contributed by atoms with van der Waals surface area (Å²) in [5.74, 6) is 1.49. The van der Waals surface area contributed by atoms with Gasteiger partial charge in [0.25, 0.3) is 0 Å². The van der Waals surface area contributed by atoms with E-state index in [1.807, 2.05) is 42.0 Å². The highest BCUT2D eigenvalue weighted by Crippen LogP contribution is 2.18. The number of nitrogens with one attached hydrogen (secondary N) is 1. The van der Waals surface area contributed by atoms with Gasteiger partial charge in [-0.25, -0.2) is 0 Å². The molecule has 25 heavy (non-hydrogen) atoms. The quantitative estimate of drug-likeness (QED) is 0.614. The number of hydrogen-bond donors (Lipinski definition) is 1. The topological polar surface area (TPSA) is 77.8 Å². The Balaban J connectivity index is 2.03. The molecule has 0 radical (unpaired) electrons. The van der Waals surface area contributed by atoms with Gasteiger partial charge in [0, 0.05) is 12.8 Å². The van der Waals surface area contributed by atoms with E-state index < -0.39 is 6.10 Å². The van der Waals surface area contributed by atoms with Crippen LogP contribution in [0.15, 0.2) is 24.4 Å². The van der Waals surface area contributed by atoms with Crippen LogP contribution < -0.4 is 5.32 Å². The standard InChI is InChI=1S/C17H26N4O3S/c1-4-23-10-11-24-13(2)17(22)18-14(8-12-25-3)16-20-19-15-7-5-6-9-21(15)16/h5-7,9,13-14H,4,8,10-12H2,1-3H3,(H,18,22). The van der Waals surface area contributed by atoms with E-state index in [2.05, 4.69) is 15.5 Å². The van der Waals surface area contributed by atoms with Crippen molar-refractivity contribution in [1.29, 1.82) is 0 Å². The van der Waals surface area contributed by atoms with Gasteiger partial charge in [0.15, 0.2) is 11.5 Å². The number of hydrogen-bond acceptors (Lipinski definition) is 6. The molecular weight excluding hydrogens is 340 g/mol. The van der Waals surface area contributed by atoms with Crippen molar-refractivity contribution in [2.24, 2.45) is 0 Å². The third kappa shape index (κ3) is 5.69. The summed E-state index contributed by atoms with van der Waals surface area (Å²) in [6.07, 6.45) is 4.18. The number of fused-ring (bicyclic) bond motifs is 1. The number of nitrogens with zero attached hydrogens (tertiary/aromatic N) is 3. The first kappa shape index (κ1) is 19.7. The van der Waals surface area contributed by atoms with E-state index in [4.69, 9.17) is 9.47 Å². The minimum Gasteiger partial charge on any atom is -0.379 e. The summed E-state index contributed by atoms with van der Waals surface area (Å²) in [7, 11) is 0. The van der Waals surface area contributed by atoms with Crippen molar-refractivity contribution < 1.29 is 14.3 Å². The number of thioether (sulfide) groups is 1. The van der Waals surface area contributed by atoms with Gasteiger partial charge in [0.1, 0.15) is 6.10 Å². The number of pyridine rings is 1. The van der Waals surface area contributed by atoms with Crippen LogP contribution in [0.25, 0.3) is 5.65 Å². The SMILES string of the molecule is CCOCCOC(C)C(=O)NC(CCSC)c1nnc2ccccn12. The zero-order chi connectivity index (χ0) is 18.1. The van der Waals surface area contributed by atoms with Crippen molar-refractivity contribution in [2.75, 3.05) is 31.8 Å². The lowest BCUT2D eigenvalue weighted by atomic mass is 10.2. The molecule has 0 spiro atoms. The fourth-order valence-electron chi connectivity index (χ4n) is 2.39. The highest BCUT2D eigenvalue weighted by molar-refractivity contribution is 7.98. The van der Waals surface area contributed by atoms with Crippen LogP contribution in [0.2, 0.25) is 0 Å². The minimum absolute atomic E-state index is 0.157. The van der Waals surface area contributed by atoms with E-state index in [-0.39, 0.29) is 11.9 Å². The Hall–Kier alpha value is -1.64. The van der Waals surface area contributed by atoms with Crippen LogP contribution in [0.1, 0.15) is 32.1 Å². The van der Waals surface area contributed by atoms with E-state index in [9.17, 15) is 4.79 Å². The van der Waals surface area contributed by atoms with Gasteiger partial charge in [-0.2, -0.15) is 11.8 Å². The number of amides is 1. The van der Waals surface area contributed by atoms with Crippen molar-refractivity contribution in [3.05, 3.63) is 30.2 Å². The highest BCUT2D eigenvalue weighted by Gasteiger charge is 2.23. The van der Waals surface area contributed by atoms with Crippen LogP contribution in [-0.4, -0.2) is 58.4 Å². The summed E-state index contributed by atoms with van der Waals surface area (Å²) in [6.45, 7) is 5.19. The van der Waals surface area contributed by atoms with Gasteiger partial charge in [-0.15, -0.1) is 10.2 Å². The van der Waals surface area contributed by atoms with E-state index in [1.54, 1.807) is 18.7 Å². The molecule has 1 N–H and O–H groups in total. The van der Waals surface area contributed by atoms with Crippen LogP contribution in [-0.2, 0) is 14.3 Å². The number of carbonyl (C=O) groups is 1. The van der Waals surface area contributed by atoms with E-state index in [1.165, 1.54) is 0 Å². The Labute approximate surface area is 152 Å². The molecule has 0 aliphatic carbocycles. The number of rotatable bonds is 11. The average Bonchev–Trinajstić information content (AvgIpc) is 3.06. The van der Waals surface area contributed by atoms with Gasteiger partial charge >= 0.3 is 0 Å². The lowest BCUT2D eigenvalue weighted by Crippen LogP contribution is -2.38. The first-order valence-electron chi connectivity index (χ1n) is 8.45. The molecule has 138 valence electrons. The summed E-state index contributed by atoms with van der Waals surface area (Å²) in [4.78, 5) is 12.5. The van der Waals surface area contributed by atoms with Crippen LogP contribution in [0.5, 0.6) is 0 Å². The van der Waals surface area contributed by atoms with Crippen LogP contribution in [0.4, 0.5) is 0 Å². The van der Waals surface area contributed by atoms with Crippen molar-refractivity contribution in [2.45, 2.75) is 32.4 Å². The van der Waals surface area contributed by atoms with Crippen LogP contribution in [0, 0.1) is 0 Å². The third-order valence-electron chi connectivity index (χ3n) is 3.75. The van der Waals surface area contributed by atoms with Gasteiger partial charge < -0.3 is 14.8 Å². The third-order valence-corrected chi connectivity index (χ3v) is 4.39. The molecule has 2 rings (SSSR count). The fraction of sp³-hybridized carbons (Fsp3) is 0.588. The molecule has 2 aromatic rings. The summed E-state index contributed by atoms with van der Waals surface area (Å²) in [5.41, 5.74) is 0.766. The zero-order valence-corrected chi connectivity index (χ0v) is 15.8. The lowest BCUT2D eigenvalue weighted by Gasteiger charge is -2.20. The molecule has 2 heterocycles. The monoisotopic (exact) mass is 366 g/mol. The number of carbonyl (C=O) groups excluding carboxylic acids is 1. The molecule has 0 aliphatic heterocycles. The van der Waals surface area contributed by atoms with Crippen molar-refractivity contribution >= 4 is 23.3 Å². The van der Waals surface area contributed by atoms with Crippen molar-refractivity contribution in [3.63, 3.8) is 0 Å². The van der Waals surface area contributed by atoms with Crippen LogP contribution in [0.3, 0.4) is 0 Å². The highest BCUT2D eigenvalue weighted by atomic mass is 32.2. The normalized spacial score (nSPS) is 13.7. The smallest absolute Gasteiger partial charge is 0.249 e. The maximum Gasteiger partial charge on any atom is 0.249 e. The molecule has 0 bridgehead atoms. The molecule has 0 saturated carbocycles. The Morgan fingerprint density at radius 2 is 2.20 bits per heavy atom. The average molecular weight is 366 g/mol. The molecular formula is C17H26N4O3S. The fourth-order valence-corrected chi connectivity index (χ4v) is 2.86. The second kappa shape index (κ2) is 10.4. The second-order valence-electron chi connectivity index (χ2n) is 5.54. The lowest BCUT2D eigenvalue weighted by molar-refractivity contribution is -0.133. The Morgan fingerprint density at radius 1 is 1.36 bits per heavy atom. The Bertz CT molecular complexity index is 664. The van der Waals surface area contributed by atoms with Crippen molar-refractivity contribution in [3.8, 4) is 0 Å².